The van der Waals surface area contributed by atoms with Crippen LogP contribution in [-0.2, 0) is 14.4 Å². The van der Waals surface area contributed by atoms with Crippen molar-refractivity contribution in [1.29, 1.82) is 0 Å². The van der Waals surface area contributed by atoms with Crippen LogP contribution in [-0.4, -0.2) is 59.0 Å². The second-order valence-electron chi connectivity index (χ2n) is 6.64. The zero-order valence-corrected chi connectivity index (χ0v) is 14.5. The molecule has 8 heteroatoms. The molecule has 8 nitrogen and oxygen atoms in total. The average molecular weight is 342 g/mol. The largest absolute Gasteiger partial charge is 0.480 e. The van der Waals surface area contributed by atoms with Crippen LogP contribution in [0.5, 0.6) is 0 Å². The number of hydrogen-bond acceptors (Lipinski definition) is 5. The molecule has 0 bridgehead atoms. The van der Waals surface area contributed by atoms with E-state index in [0.29, 0.717) is 38.8 Å². The number of carboxylic acids is 1. The second kappa shape index (κ2) is 9.58. The Morgan fingerprint density at radius 1 is 1.29 bits per heavy atom. The first-order valence-corrected chi connectivity index (χ1v) is 8.58. The highest BCUT2D eigenvalue weighted by atomic mass is 16.4. The summed E-state index contributed by atoms with van der Waals surface area (Å²) in [6.45, 7) is 4.56. The third-order valence-corrected chi connectivity index (χ3v) is 4.40. The number of carboxylic acid groups (broad SMARTS) is 1. The molecular weight excluding hydrogens is 312 g/mol. The summed E-state index contributed by atoms with van der Waals surface area (Å²) in [7, 11) is 0. The van der Waals surface area contributed by atoms with Crippen molar-refractivity contribution in [3.63, 3.8) is 0 Å². The zero-order valence-electron chi connectivity index (χ0n) is 14.5. The monoisotopic (exact) mass is 342 g/mol. The van der Waals surface area contributed by atoms with Crippen LogP contribution >= 0.6 is 0 Å². The van der Waals surface area contributed by atoms with Gasteiger partial charge < -0.3 is 26.8 Å². The second-order valence-corrected chi connectivity index (χ2v) is 6.64. The molecule has 138 valence electrons. The molecule has 3 unspecified atom stereocenters. The molecule has 1 aliphatic heterocycles. The minimum Gasteiger partial charge on any atom is -0.480 e. The lowest BCUT2D eigenvalue weighted by Crippen LogP contribution is -2.55. The Bertz CT molecular complexity index is 455. The lowest BCUT2D eigenvalue weighted by Gasteiger charge is -2.28. The van der Waals surface area contributed by atoms with Gasteiger partial charge in [0.2, 0.25) is 11.8 Å². The van der Waals surface area contributed by atoms with Gasteiger partial charge in [-0.3, -0.25) is 9.59 Å². The molecule has 2 amide bonds. The van der Waals surface area contributed by atoms with Gasteiger partial charge in [-0.2, -0.15) is 0 Å². The van der Waals surface area contributed by atoms with Crippen LogP contribution in [0.1, 0.15) is 46.0 Å². The van der Waals surface area contributed by atoms with Crippen LogP contribution in [0.4, 0.5) is 0 Å². The van der Waals surface area contributed by atoms with E-state index >= 15 is 0 Å². The maximum atomic E-state index is 12.8. The maximum absolute atomic E-state index is 12.8. The Hall–Kier alpha value is -1.67. The van der Waals surface area contributed by atoms with Gasteiger partial charge in [0.1, 0.15) is 12.1 Å². The fraction of sp³-hybridized carbons (Fsp3) is 0.812. The van der Waals surface area contributed by atoms with Crippen molar-refractivity contribution in [2.45, 2.75) is 64.1 Å². The van der Waals surface area contributed by atoms with Gasteiger partial charge in [-0.05, 0) is 44.6 Å². The molecule has 1 heterocycles. The third-order valence-electron chi connectivity index (χ3n) is 4.40. The van der Waals surface area contributed by atoms with Gasteiger partial charge in [-0.25, -0.2) is 4.79 Å². The maximum Gasteiger partial charge on any atom is 0.326 e. The molecular formula is C16H30N4O4. The summed E-state index contributed by atoms with van der Waals surface area (Å²) >= 11 is 0. The van der Waals surface area contributed by atoms with Crippen molar-refractivity contribution < 1.29 is 19.5 Å². The van der Waals surface area contributed by atoms with Crippen LogP contribution in [0.25, 0.3) is 0 Å². The highest BCUT2D eigenvalue weighted by Crippen LogP contribution is 2.20. The van der Waals surface area contributed by atoms with E-state index < -0.39 is 24.1 Å². The molecule has 1 fully saturated rings. The van der Waals surface area contributed by atoms with E-state index in [2.05, 4.69) is 5.32 Å². The number of hydrogen-bond donors (Lipinski definition) is 4. The molecule has 0 aliphatic carbocycles. The van der Waals surface area contributed by atoms with E-state index in [9.17, 15) is 19.5 Å². The number of nitrogens with one attached hydrogen (secondary N) is 1. The van der Waals surface area contributed by atoms with Gasteiger partial charge in [0.15, 0.2) is 0 Å². The predicted molar refractivity (Wildman–Crippen MR) is 90.0 cm³/mol. The van der Waals surface area contributed by atoms with E-state index in [1.807, 2.05) is 13.8 Å². The van der Waals surface area contributed by atoms with Crippen LogP contribution in [0.15, 0.2) is 0 Å². The molecule has 0 spiro atoms. The highest BCUT2D eigenvalue weighted by molar-refractivity contribution is 5.92. The molecule has 24 heavy (non-hydrogen) atoms. The van der Waals surface area contributed by atoms with Gasteiger partial charge in [0.25, 0.3) is 0 Å². The first-order chi connectivity index (χ1) is 11.3. The van der Waals surface area contributed by atoms with Crippen LogP contribution in [0.3, 0.4) is 0 Å². The standard InChI is InChI=1S/C16H30N4O4/c1-10(2)13(18)14(21)19-11(6-3-4-8-17)15(22)20-9-5-7-12(20)16(23)24/h10-13H,3-9,17-18H2,1-2H3,(H,19,21)(H,23,24). The summed E-state index contributed by atoms with van der Waals surface area (Å²) in [6, 6.07) is -2.28. The van der Waals surface area contributed by atoms with Gasteiger partial charge >= 0.3 is 5.97 Å². The number of amides is 2. The normalized spacial score (nSPS) is 20.0. The number of aliphatic carboxylic acids is 1. The molecule has 0 radical (unpaired) electrons. The quantitative estimate of drug-likeness (QED) is 0.423. The van der Waals surface area contributed by atoms with Crippen LogP contribution in [0, 0.1) is 5.92 Å². The molecule has 0 saturated carbocycles. The number of unbranched alkanes of at least 4 members (excludes halogenated alkanes) is 1. The summed E-state index contributed by atoms with van der Waals surface area (Å²) in [5.41, 5.74) is 11.3. The first-order valence-electron chi connectivity index (χ1n) is 8.58. The summed E-state index contributed by atoms with van der Waals surface area (Å²) in [5, 5.41) is 12.0. The van der Waals surface area contributed by atoms with Crippen molar-refractivity contribution >= 4 is 17.8 Å². The number of nitrogens with two attached hydrogens (primary N) is 2. The minimum atomic E-state index is -1.01. The van der Waals surface area contributed by atoms with Crippen molar-refractivity contribution in [1.82, 2.24) is 10.2 Å². The van der Waals surface area contributed by atoms with Gasteiger partial charge in [-0.15, -0.1) is 0 Å². The molecule has 1 aliphatic rings. The summed E-state index contributed by atoms with van der Waals surface area (Å²) in [5.74, 6) is -1.79. The Labute approximate surface area is 142 Å². The van der Waals surface area contributed by atoms with E-state index in [1.54, 1.807) is 0 Å². The van der Waals surface area contributed by atoms with Crippen LogP contribution < -0.4 is 16.8 Å². The topological polar surface area (TPSA) is 139 Å². The number of carbonyl (C=O) groups excluding carboxylic acids is 2. The summed E-state index contributed by atoms with van der Waals surface area (Å²) in [4.78, 5) is 37.6. The van der Waals surface area contributed by atoms with Crippen molar-refractivity contribution in [3.8, 4) is 0 Å². The smallest absolute Gasteiger partial charge is 0.326 e. The van der Waals surface area contributed by atoms with Gasteiger partial charge in [0, 0.05) is 6.54 Å². The Morgan fingerprint density at radius 2 is 1.96 bits per heavy atom. The van der Waals surface area contributed by atoms with Crippen molar-refractivity contribution in [2.24, 2.45) is 17.4 Å². The number of likely N-dealkylation sites (tertiary alicyclic amines) is 1. The van der Waals surface area contributed by atoms with E-state index in [1.165, 1.54) is 4.90 Å². The molecule has 3 atom stereocenters. The predicted octanol–water partition coefficient (Wildman–Crippen LogP) is -0.341. The first kappa shape index (κ1) is 20.4. The van der Waals surface area contributed by atoms with E-state index in [-0.39, 0.29) is 17.7 Å². The number of nitrogens with zero attached hydrogens (tertiary/aromatic N) is 1. The third kappa shape index (κ3) is 5.45. The molecule has 0 aromatic heterocycles. The minimum absolute atomic E-state index is 0.0525. The zero-order chi connectivity index (χ0) is 18.3. The molecule has 0 aromatic rings. The van der Waals surface area contributed by atoms with Crippen molar-refractivity contribution in [3.05, 3.63) is 0 Å². The van der Waals surface area contributed by atoms with Gasteiger partial charge in [-0.1, -0.05) is 13.8 Å². The Balaban J connectivity index is 2.81. The van der Waals surface area contributed by atoms with E-state index in [4.69, 9.17) is 11.5 Å². The number of carbonyl (C=O) groups is 3. The average Bonchev–Trinajstić information content (AvgIpc) is 3.02. The molecule has 6 N–H and O–H groups in total. The fourth-order valence-corrected chi connectivity index (χ4v) is 2.81. The molecule has 1 rings (SSSR count). The van der Waals surface area contributed by atoms with Crippen molar-refractivity contribution in [2.75, 3.05) is 13.1 Å². The van der Waals surface area contributed by atoms with E-state index in [0.717, 1.165) is 6.42 Å². The summed E-state index contributed by atoms with van der Waals surface area (Å²) in [6.07, 6.45) is 2.93. The molecule has 1 saturated heterocycles. The lowest BCUT2D eigenvalue weighted by molar-refractivity contribution is -0.149. The number of rotatable bonds is 9. The molecule has 0 aromatic carbocycles. The summed E-state index contributed by atoms with van der Waals surface area (Å²) < 4.78 is 0. The lowest BCUT2D eigenvalue weighted by atomic mass is 10.0. The fourth-order valence-electron chi connectivity index (χ4n) is 2.81. The Kier molecular flexibility index (Phi) is 8.14. The highest BCUT2D eigenvalue weighted by Gasteiger charge is 2.37. The SMILES string of the molecule is CC(C)C(N)C(=O)NC(CCCCN)C(=O)N1CCCC1C(=O)O. The Morgan fingerprint density at radius 3 is 2.50 bits per heavy atom. The van der Waals surface area contributed by atoms with Gasteiger partial charge in [0.05, 0.1) is 6.04 Å². The van der Waals surface area contributed by atoms with Crippen LogP contribution in [0.2, 0.25) is 0 Å².